The van der Waals surface area contributed by atoms with Crippen LogP contribution in [0, 0.1) is 6.92 Å². The monoisotopic (exact) mass is 374 g/mol. The summed E-state index contributed by atoms with van der Waals surface area (Å²) in [5, 5.41) is 8.00. The second kappa shape index (κ2) is 9.85. The minimum absolute atomic E-state index is 0.291. The molecule has 0 amide bonds. The highest BCUT2D eigenvalue weighted by atomic mass is 16.5. The van der Waals surface area contributed by atoms with Gasteiger partial charge in [0.25, 0.3) is 0 Å². The van der Waals surface area contributed by atoms with E-state index >= 15 is 0 Å². The number of hydrogen-bond donors (Lipinski definition) is 1. The molecule has 2 aromatic rings. The van der Waals surface area contributed by atoms with Gasteiger partial charge in [0.05, 0.1) is 32.2 Å². The van der Waals surface area contributed by atoms with E-state index in [0.717, 1.165) is 50.8 Å². The third-order valence-corrected chi connectivity index (χ3v) is 5.03. The van der Waals surface area contributed by atoms with Crippen LogP contribution in [0.25, 0.3) is 0 Å². The van der Waals surface area contributed by atoms with Gasteiger partial charge in [0.15, 0.2) is 0 Å². The van der Waals surface area contributed by atoms with Crippen LogP contribution >= 0.6 is 0 Å². The number of rotatable bonds is 9. The molecule has 0 saturated carbocycles. The number of nitrogens with zero attached hydrogens (tertiary/aromatic N) is 3. The lowest BCUT2D eigenvalue weighted by Crippen LogP contribution is -2.42. The molecule has 148 valence electrons. The van der Waals surface area contributed by atoms with Gasteiger partial charge in [-0.2, -0.15) is 5.10 Å². The fourth-order valence-electron chi connectivity index (χ4n) is 3.47. The Bertz CT molecular complexity index is 696. The molecule has 1 aromatic heterocycles. The number of benzene rings is 1. The largest absolute Gasteiger partial charge is 0.497 e. The molecule has 1 aliphatic heterocycles. The first-order valence-electron chi connectivity index (χ1n) is 9.39. The van der Waals surface area contributed by atoms with E-state index in [4.69, 9.17) is 14.2 Å². The maximum absolute atomic E-state index is 5.54. The third-order valence-electron chi connectivity index (χ3n) is 5.03. The number of morpholine rings is 1. The number of methoxy groups -OCH3 is 2. The van der Waals surface area contributed by atoms with Crippen molar-refractivity contribution in [1.82, 2.24) is 20.0 Å². The zero-order chi connectivity index (χ0) is 19.1. The molecule has 0 spiro atoms. The molecule has 1 saturated heterocycles. The lowest BCUT2D eigenvalue weighted by Gasteiger charge is -2.35. The van der Waals surface area contributed by atoms with Gasteiger partial charge in [0.1, 0.15) is 12.5 Å². The summed E-state index contributed by atoms with van der Waals surface area (Å²) in [5.74, 6) is 0.881. The molecule has 3 rings (SSSR count). The van der Waals surface area contributed by atoms with Crippen LogP contribution in [0.2, 0.25) is 0 Å². The van der Waals surface area contributed by atoms with Gasteiger partial charge < -0.3 is 19.5 Å². The molecule has 7 nitrogen and oxygen atoms in total. The molecular formula is C20H30N4O3. The van der Waals surface area contributed by atoms with E-state index in [1.165, 1.54) is 11.1 Å². The van der Waals surface area contributed by atoms with Crippen LogP contribution in [0.1, 0.15) is 22.9 Å². The van der Waals surface area contributed by atoms with E-state index in [-0.39, 0.29) is 0 Å². The predicted molar refractivity (Wildman–Crippen MR) is 104 cm³/mol. The van der Waals surface area contributed by atoms with Crippen LogP contribution in [0.15, 0.2) is 30.5 Å². The first kappa shape index (κ1) is 19.8. The molecule has 2 heterocycles. The van der Waals surface area contributed by atoms with Crippen molar-refractivity contribution in [2.45, 2.75) is 26.2 Å². The molecule has 1 aliphatic rings. The van der Waals surface area contributed by atoms with E-state index in [1.54, 1.807) is 14.2 Å². The topological polar surface area (TPSA) is 60.8 Å². The summed E-state index contributed by atoms with van der Waals surface area (Å²) in [5.41, 5.74) is 3.62. The average molecular weight is 374 g/mol. The molecule has 1 aromatic carbocycles. The summed E-state index contributed by atoms with van der Waals surface area (Å²) >= 11 is 0. The minimum Gasteiger partial charge on any atom is -0.497 e. The van der Waals surface area contributed by atoms with Gasteiger partial charge in [0.2, 0.25) is 0 Å². The van der Waals surface area contributed by atoms with E-state index in [2.05, 4.69) is 34.4 Å². The van der Waals surface area contributed by atoms with E-state index < -0.39 is 0 Å². The highest BCUT2D eigenvalue weighted by Crippen LogP contribution is 2.24. The zero-order valence-corrected chi connectivity index (χ0v) is 16.5. The highest BCUT2D eigenvalue weighted by Gasteiger charge is 2.22. The molecule has 0 aliphatic carbocycles. The van der Waals surface area contributed by atoms with Gasteiger partial charge in [-0.3, -0.25) is 4.90 Å². The fraction of sp³-hybridized carbons (Fsp3) is 0.550. The highest BCUT2D eigenvalue weighted by molar-refractivity contribution is 5.29. The fourth-order valence-corrected chi connectivity index (χ4v) is 3.47. The summed E-state index contributed by atoms with van der Waals surface area (Å²) in [7, 11) is 3.38. The van der Waals surface area contributed by atoms with Crippen molar-refractivity contribution in [1.29, 1.82) is 0 Å². The Balaban J connectivity index is 1.68. The van der Waals surface area contributed by atoms with E-state index in [9.17, 15) is 0 Å². The number of aryl methyl sites for hydroxylation is 1. The maximum atomic E-state index is 5.54. The first-order chi connectivity index (χ1) is 13.2. The Kier molecular flexibility index (Phi) is 7.23. The third kappa shape index (κ3) is 5.07. The van der Waals surface area contributed by atoms with Crippen LogP contribution < -0.4 is 10.1 Å². The number of ether oxygens (including phenoxy) is 3. The SMILES string of the molecule is COCn1ncc(C)c1CNC[C@@H](c1ccc(OC)cc1)N1CCOCC1. The molecule has 0 unspecified atom stereocenters. The first-order valence-corrected chi connectivity index (χ1v) is 9.39. The number of nitrogens with one attached hydrogen (secondary N) is 1. The summed E-state index contributed by atoms with van der Waals surface area (Å²) < 4.78 is 18.0. The zero-order valence-electron chi connectivity index (χ0n) is 16.5. The van der Waals surface area contributed by atoms with Gasteiger partial charge in [-0.25, -0.2) is 4.68 Å². The predicted octanol–water partition coefficient (Wildman–Crippen LogP) is 1.97. The quantitative estimate of drug-likeness (QED) is 0.724. The van der Waals surface area contributed by atoms with Gasteiger partial charge in [-0.05, 0) is 30.2 Å². The summed E-state index contributed by atoms with van der Waals surface area (Å²) in [4.78, 5) is 2.48. The van der Waals surface area contributed by atoms with Crippen molar-refractivity contribution in [2.24, 2.45) is 0 Å². The van der Waals surface area contributed by atoms with Crippen LogP contribution in [-0.4, -0.2) is 61.7 Å². The average Bonchev–Trinajstić information content (AvgIpc) is 3.06. The van der Waals surface area contributed by atoms with Gasteiger partial charge in [0, 0.05) is 39.3 Å². The van der Waals surface area contributed by atoms with Crippen LogP contribution in [0.4, 0.5) is 0 Å². The molecule has 1 atom stereocenters. The molecule has 0 radical (unpaired) electrons. The molecule has 7 heteroatoms. The van der Waals surface area contributed by atoms with Gasteiger partial charge in [-0.1, -0.05) is 12.1 Å². The van der Waals surface area contributed by atoms with Crippen molar-refractivity contribution < 1.29 is 14.2 Å². The number of hydrogen-bond acceptors (Lipinski definition) is 6. The lowest BCUT2D eigenvalue weighted by atomic mass is 10.0. The minimum atomic E-state index is 0.291. The summed E-state index contributed by atoms with van der Waals surface area (Å²) in [6.45, 7) is 7.61. The van der Waals surface area contributed by atoms with Crippen molar-refractivity contribution in [3.8, 4) is 5.75 Å². The second-order valence-electron chi connectivity index (χ2n) is 6.76. The van der Waals surface area contributed by atoms with Gasteiger partial charge >= 0.3 is 0 Å². The Morgan fingerprint density at radius 2 is 1.93 bits per heavy atom. The van der Waals surface area contributed by atoms with Crippen molar-refractivity contribution >= 4 is 0 Å². The second-order valence-corrected chi connectivity index (χ2v) is 6.76. The van der Waals surface area contributed by atoms with E-state index in [0.29, 0.717) is 12.8 Å². The van der Waals surface area contributed by atoms with Crippen LogP contribution in [0.3, 0.4) is 0 Å². The molecule has 1 N–H and O–H groups in total. The molecule has 27 heavy (non-hydrogen) atoms. The smallest absolute Gasteiger partial charge is 0.139 e. The number of aromatic nitrogens is 2. The Morgan fingerprint density at radius 3 is 2.59 bits per heavy atom. The Hall–Kier alpha value is -1.93. The van der Waals surface area contributed by atoms with Crippen LogP contribution in [0.5, 0.6) is 5.75 Å². The normalized spacial score (nSPS) is 16.4. The molecule has 1 fully saturated rings. The Morgan fingerprint density at radius 1 is 1.19 bits per heavy atom. The molecular weight excluding hydrogens is 344 g/mol. The summed E-state index contributed by atoms with van der Waals surface area (Å²) in [6.07, 6.45) is 1.89. The van der Waals surface area contributed by atoms with Crippen molar-refractivity contribution in [3.63, 3.8) is 0 Å². The van der Waals surface area contributed by atoms with E-state index in [1.807, 2.05) is 23.0 Å². The standard InChI is InChI=1S/C20H30N4O3/c1-16-12-22-24(15-25-2)19(16)13-21-14-20(23-8-10-27-11-9-23)17-4-6-18(26-3)7-5-17/h4-7,12,20-21H,8-11,13-15H2,1-3H3/t20-/m0/s1. The Labute approximate surface area is 161 Å². The lowest BCUT2D eigenvalue weighted by molar-refractivity contribution is 0.0160. The van der Waals surface area contributed by atoms with Gasteiger partial charge in [-0.15, -0.1) is 0 Å². The van der Waals surface area contributed by atoms with Crippen molar-refractivity contribution in [2.75, 3.05) is 47.1 Å². The summed E-state index contributed by atoms with van der Waals surface area (Å²) in [6, 6.07) is 8.66. The molecule has 0 bridgehead atoms. The maximum Gasteiger partial charge on any atom is 0.139 e. The van der Waals surface area contributed by atoms with Crippen molar-refractivity contribution in [3.05, 3.63) is 47.3 Å². The van der Waals surface area contributed by atoms with Crippen LogP contribution in [-0.2, 0) is 22.7 Å².